The smallest absolute Gasteiger partial charge is 0.231 e. The highest BCUT2D eigenvalue weighted by molar-refractivity contribution is 8.01. The number of hydrogen-bond donors (Lipinski definition) is 0. The van der Waals surface area contributed by atoms with E-state index in [0.717, 1.165) is 29.2 Å². The van der Waals surface area contributed by atoms with Crippen molar-refractivity contribution in [1.82, 2.24) is 0 Å². The van der Waals surface area contributed by atoms with Gasteiger partial charge in [0.15, 0.2) is 11.5 Å². The maximum atomic E-state index is 8.98. The fourth-order valence-corrected chi connectivity index (χ4v) is 2.62. The van der Waals surface area contributed by atoms with Crippen molar-refractivity contribution in [3.8, 4) is 17.6 Å². The van der Waals surface area contributed by atoms with Crippen LogP contribution in [0.1, 0.15) is 12.8 Å². The van der Waals surface area contributed by atoms with Crippen molar-refractivity contribution in [1.29, 1.82) is 5.26 Å². The molecule has 0 N–H and O–H groups in total. The SMILES string of the molecule is N#CC1(Sc2ccc3c(c2)OCO3)CC1. The van der Waals surface area contributed by atoms with Crippen molar-refractivity contribution in [3.05, 3.63) is 18.2 Å². The van der Waals surface area contributed by atoms with E-state index in [1.807, 2.05) is 18.2 Å². The molecule has 3 rings (SSSR count). The Hall–Kier alpha value is -1.34. The number of rotatable bonds is 2. The molecule has 3 nitrogen and oxygen atoms in total. The molecule has 1 heterocycles. The Bertz CT molecular complexity index is 448. The average molecular weight is 219 g/mol. The minimum absolute atomic E-state index is 0.173. The van der Waals surface area contributed by atoms with Crippen LogP contribution in [0.15, 0.2) is 23.1 Å². The van der Waals surface area contributed by atoms with Crippen LogP contribution in [-0.4, -0.2) is 11.5 Å². The lowest BCUT2D eigenvalue weighted by molar-refractivity contribution is 0.174. The van der Waals surface area contributed by atoms with Crippen LogP contribution >= 0.6 is 11.8 Å². The van der Waals surface area contributed by atoms with Gasteiger partial charge in [0, 0.05) is 4.90 Å². The molecule has 1 aromatic rings. The quantitative estimate of drug-likeness (QED) is 0.766. The van der Waals surface area contributed by atoms with Gasteiger partial charge in [0.2, 0.25) is 6.79 Å². The zero-order chi connectivity index (χ0) is 10.3. The standard InChI is InChI=1S/C11H9NO2S/c12-6-11(3-4-11)15-8-1-2-9-10(5-8)14-7-13-9/h1-2,5H,3-4,7H2. The summed E-state index contributed by atoms with van der Waals surface area (Å²) in [6, 6.07) is 8.19. The molecule has 1 aliphatic heterocycles. The molecule has 15 heavy (non-hydrogen) atoms. The van der Waals surface area contributed by atoms with Gasteiger partial charge in [-0.3, -0.25) is 0 Å². The third-order valence-corrected chi connectivity index (χ3v) is 3.95. The lowest BCUT2D eigenvalue weighted by atomic mass is 10.3. The van der Waals surface area contributed by atoms with E-state index in [1.165, 1.54) is 0 Å². The first-order valence-corrected chi connectivity index (χ1v) is 5.63. The van der Waals surface area contributed by atoms with Crippen molar-refractivity contribution >= 4 is 11.8 Å². The molecular formula is C11H9NO2S. The van der Waals surface area contributed by atoms with Gasteiger partial charge >= 0.3 is 0 Å². The van der Waals surface area contributed by atoms with Crippen LogP contribution in [0.25, 0.3) is 0 Å². The van der Waals surface area contributed by atoms with Gasteiger partial charge in [-0.1, -0.05) is 0 Å². The first-order valence-electron chi connectivity index (χ1n) is 4.81. The number of fused-ring (bicyclic) bond motifs is 1. The van der Waals surface area contributed by atoms with Crippen LogP contribution in [0.2, 0.25) is 0 Å². The Labute approximate surface area is 92.0 Å². The summed E-state index contributed by atoms with van der Waals surface area (Å²) in [4.78, 5) is 1.08. The number of hydrogen-bond acceptors (Lipinski definition) is 4. The topological polar surface area (TPSA) is 42.2 Å². The minimum atomic E-state index is -0.173. The molecule has 4 heteroatoms. The summed E-state index contributed by atoms with van der Waals surface area (Å²) < 4.78 is 10.3. The second-order valence-electron chi connectivity index (χ2n) is 3.72. The van der Waals surface area contributed by atoms with E-state index in [9.17, 15) is 0 Å². The second kappa shape index (κ2) is 3.07. The Morgan fingerprint density at radius 1 is 1.27 bits per heavy atom. The summed E-state index contributed by atoms with van der Waals surface area (Å²) in [7, 11) is 0. The molecule has 0 radical (unpaired) electrons. The van der Waals surface area contributed by atoms with E-state index in [1.54, 1.807) is 11.8 Å². The maximum Gasteiger partial charge on any atom is 0.231 e. The number of ether oxygens (including phenoxy) is 2. The molecule has 0 aromatic heterocycles. The fraction of sp³-hybridized carbons (Fsp3) is 0.364. The third-order valence-electron chi connectivity index (χ3n) is 2.57. The number of nitrogens with zero attached hydrogens (tertiary/aromatic N) is 1. The van der Waals surface area contributed by atoms with Gasteiger partial charge < -0.3 is 9.47 Å². The van der Waals surface area contributed by atoms with Crippen molar-refractivity contribution in [2.24, 2.45) is 0 Å². The van der Waals surface area contributed by atoms with Crippen LogP contribution in [0.4, 0.5) is 0 Å². The molecule has 2 aliphatic rings. The van der Waals surface area contributed by atoms with Gasteiger partial charge in [-0.25, -0.2) is 0 Å². The van der Waals surface area contributed by atoms with E-state index in [2.05, 4.69) is 6.07 Å². The van der Waals surface area contributed by atoms with E-state index in [-0.39, 0.29) is 4.75 Å². The van der Waals surface area contributed by atoms with E-state index in [0.29, 0.717) is 6.79 Å². The highest BCUT2D eigenvalue weighted by atomic mass is 32.2. The van der Waals surface area contributed by atoms with Gasteiger partial charge in [0.05, 0.1) is 6.07 Å². The minimum Gasteiger partial charge on any atom is -0.454 e. The Kier molecular flexibility index (Phi) is 1.83. The summed E-state index contributed by atoms with van der Waals surface area (Å²) in [6.07, 6.45) is 1.98. The number of benzene rings is 1. The lowest BCUT2D eigenvalue weighted by Crippen LogP contribution is -1.96. The highest BCUT2D eigenvalue weighted by Crippen LogP contribution is 2.52. The van der Waals surface area contributed by atoms with Crippen molar-refractivity contribution in [2.45, 2.75) is 22.5 Å². The van der Waals surface area contributed by atoms with Crippen LogP contribution in [0.3, 0.4) is 0 Å². The molecular weight excluding hydrogens is 210 g/mol. The summed E-state index contributed by atoms with van der Waals surface area (Å²) in [5.41, 5.74) is 0. The number of thioether (sulfide) groups is 1. The van der Waals surface area contributed by atoms with Crippen molar-refractivity contribution in [3.63, 3.8) is 0 Å². The van der Waals surface area contributed by atoms with E-state index >= 15 is 0 Å². The molecule has 0 spiro atoms. The predicted molar refractivity (Wildman–Crippen MR) is 56.0 cm³/mol. The van der Waals surface area contributed by atoms with Crippen molar-refractivity contribution in [2.75, 3.05) is 6.79 Å². The maximum absolute atomic E-state index is 8.98. The summed E-state index contributed by atoms with van der Waals surface area (Å²) in [5.74, 6) is 1.58. The Balaban J connectivity index is 1.85. The average Bonchev–Trinajstić information content (AvgIpc) is 2.88. The van der Waals surface area contributed by atoms with Crippen molar-refractivity contribution < 1.29 is 9.47 Å². The molecule has 0 saturated heterocycles. The molecule has 0 amide bonds. The first-order chi connectivity index (χ1) is 7.31. The molecule has 76 valence electrons. The zero-order valence-electron chi connectivity index (χ0n) is 8.03. The highest BCUT2D eigenvalue weighted by Gasteiger charge is 2.44. The van der Waals surface area contributed by atoms with E-state index < -0.39 is 0 Å². The molecule has 0 atom stereocenters. The van der Waals surface area contributed by atoms with Gasteiger partial charge in [-0.15, -0.1) is 11.8 Å². The Morgan fingerprint density at radius 3 is 2.80 bits per heavy atom. The molecule has 1 saturated carbocycles. The van der Waals surface area contributed by atoms with Gasteiger partial charge in [0.25, 0.3) is 0 Å². The van der Waals surface area contributed by atoms with Gasteiger partial charge in [0.1, 0.15) is 4.75 Å². The predicted octanol–water partition coefficient (Wildman–Crippen LogP) is 2.56. The molecule has 0 bridgehead atoms. The zero-order valence-corrected chi connectivity index (χ0v) is 8.84. The van der Waals surface area contributed by atoms with Gasteiger partial charge in [-0.05, 0) is 31.0 Å². The van der Waals surface area contributed by atoms with Gasteiger partial charge in [-0.2, -0.15) is 5.26 Å². The Morgan fingerprint density at radius 2 is 2.07 bits per heavy atom. The first kappa shape index (κ1) is 8.93. The summed E-state index contributed by atoms with van der Waals surface area (Å²) in [5, 5.41) is 8.98. The molecule has 1 aliphatic carbocycles. The monoisotopic (exact) mass is 219 g/mol. The second-order valence-corrected chi connectivity index (χ2v) is 5.18. The third kappa shape index (κ3) is 1.53. The summed E-state index contributed by atoms with van der Waals surface area (Å²) >= 11 is 1.63. The fourth-order valence-electron chi connectivity index (χ4n) is 1.52. The number of nitriles is 1. The normalized spacial score (nSPS) is 19.7. The molecule has 1 fully saturated rings. The molecule has 1 aromatic carbocycles. The summed E-state index contributed by atoms with van der Waals surface area (Å²) in [6.45, 7) is 0.298. The largest absolute Gasteiger partial charge is 0.454 e. The van der Waals surface area contributed by atoms with Crippen LogP contribution in [0, 0.1) is 11.3 Å². The van der Waals surface area contributed by atoms with E-state index in [4.69, 9.17) is 14.7 Å². The van der Waals surface area contributed by atoms with Crippen LogP contribution < -0.4 is 9.47 Å². The molecule has 0 unspecified atom stereocenters. The van der Waals surface area contributed by atoms with Crippen LogP contribution in [0.5, 0.6) is 11.5 Å². The van der Waals surface area contributed by atoms with Crippen LogP contribution in [-0.2, 0) is 0 Å². The lowest BCUT2D eigenvalue weighted by Gasteiger charge is -2.05.